The van der Waals surface area contributed by atoms with Crippen LogP contribution in [0.4, 0.5) is 0 Å². The number of carbonyl (C=O) groups is 4. The van der Waals surface area contributed by atoms with E-state index in [1.165, 1.54) is 107 Å². The van der Waals surface area contributed by atoms with Crippen molar-refractivity contribution in [2.24, 2.45) is 58.2 Å². The summed E-state index contributed by atoms with van der Waals surface area (Å²) in [5.41, 5.74) is 2.80. The monoisotopic (exact) mass is 1030 g/mol. The Morgan fingerprint density at radius 3 is 1.73 bits per heavy atom. The highest BCUT2D eigenvalue weighted by molar-refractivity contribution is 6.33. The number of allylic oxidation sites excluding steroid dienone is 1. The standard InChI is InChI=1S/C61H72Cl2O10/c1-35(2)10-6-11-36(3)49-20-21-50-46-19-18-44-28-37(22-24-60(44,4)51(46)23-25-61(49,50)5)12-9-17-45(42-29-47(58(68)69)54(52(62)31-42)72-33-38-13-7-15-40(26-38)56(64)65)43-30-48(59(70)71)55(53(63)32-43)73-34-39-14-8-16-41(27-39)57(66)67/h7-8,13-17,26-27,29-32,35-37,44,46,49-51H,6,9-12,18-25,28,33-34H2,1-5H3,(H,64,65)(H,66,67)(H,68,69)(H,70,71)/t36?,37-,44?,46?,49+,50?,51?,60-,61+/m0/s1. The van der Waals surface area contributed by atoms with Crippen molar-refractivity contribution in [1.82, 2.24) is 0 Å². The molecule has 9 atom stereocenters. The van der Waals surface area contributed by atoms with Crippen LogP contribution in [0.15, 0.2) is 78.9 Å². The Bertz CT molecular complexity index is 2610. The highest BCUT2D eigenvalue weighted by Gasteiger charge is 2.60. The zero-order valence-corrected chi connectivity index (χ0v) is 44.4. The SMILES string of the molecule is CC(C)CCCC(C)[C@H]1CCC2C3CCC4C[C@@H](CCC=C(c5cc(Cl)c(OCc6cccc(C(=O)O)c6)c(C(=O)O)c5)c5cc(Cl)c(OCc6cccc(C(=O)O)c6)c(C(=O)O)c5)CC[C@]4(C)C3CC[C@@]21C. The summed E-state index contributed by atoms with van der Waals surface area (Å²) in [4.78, 5) is 49.2. The molecule has 0 bridgehead atoms. The molecule has 0 saturated heterocycles. The molecule has 12 heteroatoms. The number of hydrogen-bond donors (Lipinski definition) is 4. The maximum Gasteiger partial charge on any atom is 0.339 e. The van der Waals surface area contributed by atoms with Crippen LogP contribution in [-0.2, 0) is 13.2 Å². The Morgan fingerprint density at radius 2 is 1.19 bits per heavy atom. The molecule has 0 aliphatic heterocycles. The van der Waals surface area contributed by atoms with Crippen LogP contribution in [0.5, 0.6) is 11.5 Å². The van der Waals surface area contributed by atoms with E-state index < -0.39 is 23.9 Å². The molecule has 10 nitrogen and oxygen atoms in total. The minimum absolute atomic E-state index is 0.00207. The van der Waals surface area contributed by atoms with Crippen molar-refractivity contribution in [1.29, 1.82) is 0 Å². The topological polar surface area (TPSA) is 168 Å². The lowest BCUT2D eigenvalue weighted by molar-refractivity contribution is -0.121. The van der Waals surface area contributed by atoms with Gasteiger partial charge in [-0.25, -0.2) is 19.2 Å². The van der Waals surface area contributed by atoms with Crippen molar-refractivity contribution in [3.05, 3.63) is 133 Å². The van der Waals surface area contributed by atoms with E-state index in [4.69, 9.17) is 32.7 Å². The molecule has 0 amide bonds. The number of carboxylic acid groups (broad SMARTS) is 4. The molecule has 8 rings (SSSR count). The maximum absolute atomic E-state index is 13.0. The fourth-order valence-electron chi connectivity index (χ4n) is 14.5. The van der Waals surface area contributed by atoms with Crippen molar-refractivity contribution in [2.75, 3.05) is 0 Å². The van der Waals surface area contributed by atoms with Gasteiger partial charge in [-0.2, -0.15) is 0 Å². The normalized spacial score (nSPS) is 25.7. The van der Waals surface area contributed by atoms with E-state index in [1.807, 2.05) is 6.08 Å². The van der Waals surface area contributed by atoms with Gasteiger partial charge in [-0.05, 0) is 205 Å². The molecule has 4 fully saturated rings. The molecule has 0 radical (unpaired) electrons. The first-order valence-electron chi connectivity index (χ1n) is 26.5. The zero-order valence-electron chi connectivity index (χ0n) is 42.9. The second-order valence-electron chi connectivity index (χ2n) is 22.9. The first kappa shape index (κ1) is 54.0. The van der Waals surface area contributed by atoms with E-state index in [0.717, 1.165) is 48.3 Å². The third kappa shape index (κ3) is 11.7. The van der Waals surface area contributed by atoms with Crippen molar-refractivity contribution >= 4 is 52.7 Å². The van der Waals surface area contributed by atoms with Gasteiger partial charge in [-0.1, -0.05) is 107 Å². The lowest BCUT2D eigenvalue weighted by atomic mass is 9.44. The molecule has 4 saturated carbocycles. The summed E-state index contributed by atoms with van der Waals surface area (Å²) in [5.74, 6) is 0.960. The summed E-state index contributed by atoms with van der Waals surface area (Å²) in [6.07, 6.45) is 19.2. The van der Waals surface area contributed by atoms with Gasteiger partial charge >= 0.3 is 23.9 Å². The fraction of sp³-hybridized carbons (Fsp3) is 0.508. The molecule has 73 heavy (non-hydrogen) atoms. The maximum atomic E-state index is 13.0. The molecule has 4 N–H and O–H groups in total. The third-order valence-electron chi connectivity index (χ3n) is 18.2. The van der Waals surface area contributed by atoms with Crippen LogP contribution in [0.3, 0.4) is 0 Å². The number of carboxylic acids is 4. The first-order valence-corrected chi connectivity index (χ1v) is 27.3. The smallest absolute Gasteiger partial charge is 0.339 e. The van der Waals surface area contributed by atoms with Crippen molar-refractivity contribution < 1.29 is 49.1 Å². The van der Waals surface area contributed by atoms with Crippen LogP contribution in [0, 0.1) is 58.2 Å². The van der Waals surface area contributed by atoms with Gasteiger partial charge in [0.1, 0.15) is 24.3 Å². The lowest BCUT2D eigenvalue weighted by Gasteiger charge is -2.61. The summed E-state index contributed by atoms with van der Waals surface area (Å²) >= 11 is 13.8. The highest BCUT2D eigenvalue weighted by Crippen LogP contribution is 2.69. The van der Waals surface area contributed by atoms with Gasteiger partial charge in [0, 0.05) is 0 Å². The van der Waals surface area contributed by atoms with Gasteiger partial charge in [-0.3, -0.25) is 0 Å². The predicted molar refractivity (Wildman–Crippen MR) is 285 cm³/mol. The average molecular weight is 1040 g/mol. The molecule has 0 heterocycles. The van der Waals surface area contributed by atoms with E-state index in [9.17, 15) is 39.6 Å². The number of rotatable bonds is 20. The molecular formula is C61H72Cl2O10. The quantitative estimate of drug-likeness (QED) is 0.0669. The van der Waals surface area contributed by atoms with Crippen LogP contribution in [0.1, 0.15) is 188 Å². The van der Waals surface area contributed by atoms with Gasteiger partial charge in [-0.15, -0.1) is 0 Å². The summed E-state index contributed by atoms with van der Waals surface area (Å²) in [7, 11) is 0. The molecule has 4 aliphatic rings. The van der Waals surface area contributed by atoms with Gasteiger partial charge < -0.3 is 29.9 Å². The Hall–Kier alpha value is -5.32. The van der Waals surface area contributed by atoms with E-state index >= 15 is 0 Å². The van der Waals surface area contributed by atoms with E-state index in [0.29, 0.717) is 56.9 Å². The first-order chi connectivity index (χ1) is 34.8. The molecule has 0 spiro atoms. The summed E-state index contributed by atoms with van der Waals surface area (Å²) in [5, 5.41) is 40.1. The Kier molecular flexibility index (Phi) is 16.7. The van der Waals surface area contributed by atoms with Crippen molar-refractivity contribution in [2.45, 2.75) is 138 Å². The summed E-state index contributed by atoms with van der Waals surface area (Å²) in [6, 6.07) is 18.4. The molecule has 390 valence electrons. The molecule has 4 aromatic rings. The second-order valence-corrected chi connectivity index (χ2v) is 23.7. The van der Waals surface area contributed by atoms with Crippen LogP contribution >= 0.6 is 23.2 Å². The highest BCUT2D eigenvalue weighted by atomic mass is 35.5. The Balaban J connectivity index is 1.04. The zero-order chi connectivity index (χ0) is 52.4. The molecular weight excluding hydrogens is 964 g/mol. The Morgan fingerprint density at radius 1 is 0.644 bits per heavy atom. The number of benzene rings is 4. The fourth-order valence-corrected chi connectivity index (χ4v) is 15.1. The largest absolute Gasteiger partial charge is 0.486 e. The van der Waals surface area contributed by atoms with Gasteiger partial charge in [0.2, 0.25) is 0 Å². The molecule has 5 unspecified atom stereocenters. The second kappa shape index (κ2) is 22.7. The van der Waals surface area contributed by atoms with Crippen LogP contribution in [0.25, 0.3) is 5.57 Å². The lowest BCUT2D eigenvalue weighted by Crippen LogP contribution is -2.53. The average Bonchev–Trinajstić information content (AvgIpc) is 3.71. The minimum atomic E-state index is -1.31. The van der Waals surface area contributed by atoms with Crippen LogP contribution in [-0.4, -0.2) is 44.3 Å². The minimum Gasteiger partial charge on any atom is -0.486 e. The third-order valence-corrected chi connectivity index (χ3v) is 18.7. The Labute approximate surface area is 440 Å². The number of halogens is 2. The summed E-state index contributed by atoms with van der Waals surface area (Å²) < 4.78 is 12.0. The molecule has 0 aromatic heterocycles. The van der Waals surface area contributed by atoms with Gasteiger partial charge in [0.25, 0.3) is 0 Å². The van der Waals surface area contributed by atoms with E-state index in [2.05, 4.69) is 34.6 Å². The molecule has 4 aliphatic carbocycles. The van der Waals surface area contributed by atoms with E-state index in [-0.39, 0.29) is 57.0 Å². The van der Waals surface area contributed by atoms with Gasteiger partial charge in [0.15, 0.2) is 11.5 Å². The van der Waals surface area contributed by atoms with Crippen LogP contribution in [0.2, 0.25) is 10.0 Å². The summed E-state index contributed by atoms with van der Waals surface area (Å²) in [6.45, 7) is 12.2. The number of hydrogen-bond acceptors (Lipinski definition) is 6. The number of fused-ring (bicyclic) bond motifs is 5. The van der Waals surface area contributed by atoms with Crippen molar-refractivity contribution in [3.63, 3.8) is 0 Å². The number of aromatic carboxylic acids is 4. The van der Waals surface area contributed by atoms with Gasteiger partial charge in [0.05, 0.1) is 21.2 Å². The van der Waals surface area contributed by atoms with E-state index in [1.54, 1.807) is 36.4 Å². The van der Waals surface area contributed by atoms with Crippen molar-refractivity contribution in [3.8, 4) is 11.5 Å². The number of ether oxygens (including phenoxy) is 2. The predicted octanol–water partition coefficient (Wildman–Crippen LogP) is 15.9. The van der Waals surface area contributed by atoms with Crippen LogP contribution < -0.4 is 9.47 Å². The molecule has 4 aromatic carbocycles.